The molecule has 3 rings (SSSR count). The largest absolute Gasteiger partial charge is 0.418 e. The Bertz CT molecular complexity index is 980. The zero-order valence-electron chi connectivity index (χ0n) is 15.7. The van der Waals surface area contributed by atoms with E-state index >= 15 is 0 Å². The van der Waals surface area contributed by atoms with Gasteiger partial charge in [0.05, 0.1) is 0 Å². The maximum atomic E-state index is 13.0. The smallest absolute Gasteiger partial charge is 0.361 e. The minimum atomic E-state index is -3.80. The summed E-state index contributed by atoms with van der Waals surface area (Å²) in [6.45, 7) is 1.96. The summed E-state index contributed by atoms with van der Waals surface area (Å²) in [7, 11) is -1.35. The van der Waals surface area contributed by atoms with Gasteiger partial charge in [-0.15, -0.1) is 10.2 Å². The first-order chi connectivity index (χ1) is 13.5. The van der Waals surface area contributed by atoms with Crippen LogP contribution >= 0.6 is 7.60 Å². The predicted molar refractivity (Wildman–Crippen MR) is 103 cm³/mol. The van der Waals surface area contributed by atoms with E-state index < -0.39 is 19.3 Å². The molecule has 0 saturated carbocycles. The maximum Gasteiger partial charge on any atom is 0.361 e. The Morgan fingerprint density at radius 3 is 2.29 bits per heavy atom. The molecular weight excluding hydrogens is 381 g/mol. The maximum absolute atomic E-state index is 13.0. The lowest BCUT2D eigenvalue weighted by molar-refractivity contribution is 0.0935. The first kappa shape index (κ1) is 19.9. The molecule has 1 N–H and O–H groups in total. The number of hydrogen-bond donors (Lipinski definition) is 1. The van der Waals surface area contributed by atoms with Crippen LogP contribution in [0.2, 0.25) is 0 Å². The molecule has 3 aromatic rings. The lowest BCUT2D eigenvalue weighted by Crippen LogP contribution is -2.29. The molecule has 0 aliphatic carbocycles. The van der Waals surface area contributed by atoms with Crippen molar-refractivity contribution in [3.8, 4) is 11.5 Å². The van der Waals surface area contributed by atoms with Crippen LogP contribution in [0.5, 0.6) is 0 Å². The number of amides is 1. The molecule has 1 aromatic heterocycles. The molecule has 0 bridgehead atoms. The van der Waals surface area contributed by atoms with E-state index in [9.17, 15) is 9.36 Å². The number of carbonyl (C=O) groups excluding carboxylic acids is 1. The van der Waals surface area contributed by atoms with Crippen molar-refractivity contribution in [3.05, 3.63) is 71.6 Å². The fourth-order valence-electron chi connectivity index (χ4n) is 2.52. The summed E-state index contributed by atoms with van der Waals surface area (Å²) in [5.41, 5.74) is 2.16. The molecule has 0 aliphatic heterocycles. The predicted octanol–water partition coefficient (Wildman–Crippen LogP) is 3.96. The van der Waals surface area contributed by atoms with Gasteiger partial charge in [0.15, 0.2) is 0 Å². The molecule has 8 nitrogen and oxygen atoms in total. The standard InChI is InChI=1S/C19H20N3O5P/c1-13-9-11-15(12-10-13)17-21-22-18(27-17)19(28(24,25-2)26-3)20-16(23)14-7-5-4-6-8-14/h4-12,19H,1-3H3,(H,20,23)/t19-/m0/s1. The minimum absolute atomic E-state index is 0.0770. The van der Waals surface area contributed by atoms with Crippen molar-refractivity contribution in [1.82, 2.24) is 15.5 Å². The summed E-state index contributed by atoms with van der Waals surface area (Å²) in [4.78, 5) is 12.6. The van der Waals surface area contributed by atoms with Gasteiger partial charge in [-0.3, -0.25) is 9.36 Å². The summed E-state index contributed by atoms with van der Waals surface area (Å²) >= 11 is 0. The monoisotopic (exact) mass is 401 g/mol. The quantitative estimate of drug-likeness (QED) is 0.598. The van der Waals surface area contributed by atoms with Gasteiger partial charge in [-0.05, 0) is 31.2 Å². The average Bonchev–Trinajstić information content (AvgIpc) is 3.22. The van der Waals surface area contributed by atoms with E-state index in [1.165, 1.54) is 14.2 Å². The van der Waals surface area contributed by atoms with Gasteiger partial charge < -0.3 is 18.8 Å². The first-order valence-corrected chi connectivity index (χ1v) is 10.1. The van der Waals surface area contributed by atoms with Crippen molar-refractivity contribution in [2.45, 2.75) is 12.7 Å². The van der Waals surface area contributed by atoms with E-state index in [4.69, 9.17) is 13.5 Å². The first-order valence-electron chi connectivity index (χ1n) is 8.44. The lowest BCUT2D eigenvalue weighted by Gasteiger charge is -2.22. The van der Waals surface area contributed by atoms with Gasteiger partial charge in [-0.25, -0.2) is 0 Å². The molecule has 0 radical (unpaired) electrons. The third-order valence-electron chi connectivity index (χ3n) is 4.10. The summed E-state index contributed by atoms with van der Waals surface area (Å²) in [5, 5.41) is 10.6. The number of aromatic nitrogens is 2. The summed E-state index contributed by atoms with van der Waals surface area (Å²) in [5.74, 6) is -1.59. The highest BCUT2D eigenvalue weighted by Gasteiger charge is 2.41. The van der Waals surface area contributed by atoms with Gasteiger partial charge >= 0.3 is 7.60 Å². The summed E-state index contributed by atoms with van der Waals surface area (Å²) in [6.07, 6.45) is 0. The molecule has 9 heteroatoms. The molecule has 2 aromatic carbocycles. The zero-order chi connectivity index (χ0) is 20.1. The van der Waals surface area contributed by atoms with Gasteiger partial charge in [0.2, 0.25) is 11.7 Å². The molecule has 0 fully saturated rings. The topological polar surface area (TPSA) is 104 Å². The highest BCUT2D eigenvalue weighted by Crippen LogP contribution is 2.58. The molecule has 0 spiro atoms. The van der Waals surface area contributed by atoms with Crippen molar-refractivity contribution < 1.29 is 22.8 Å². The van der Waals surface area contributed by atoms with Crippen molar-refractivity contribution in [1.29, 1.82) is 0 Å². The molecule has 28 heavy (non-hydrogen) atoms. The second-order valence-corrected chi connectivity index (χ2v) is 8.28. The third kappa shape index (κ3) is 4.20. The summed E-state index contributed by atoms with van der Waals surface area (Å²) < 4.78 is 28.8. The number of nitrogens with one attached hydrogen (secondary N) is 1. The zero-order valence-corrected chi connectivity index (χ0v) is 16.6. The molecule has 0 unspecified atom stereocenters. The third-order valence-corrected chi connectivity index (χ3v) is 6.10. The number of aryl methyl sites for hydroxylation is 1. The number of rotatable bonds is 7. The van der Waals surface area contributed by atoms with Gasteiger partial charge in [-0.1, -0.05) is 35.9 Å². The molecule has 1 heterocycles. The SMILES string of the molecule is COP(=O)(OC)[C@H](NC(=O)c1ccccc1)c1nnc(-c2ccc(C)cc2)o1. The lowest BCUT2D eigenvalue weighted by atomic mass is 10.1. The number of carbonyl (C=O) groups is 1. The fourth-order valence-corrected chi connectivity index (χ4v) is 3.74. The minimum Gasteiger partial charge on any atom is -0.418 e. The van der Waals surface area contributed by atoms with Crippen molar-refractivity contribution in [2.24, 2.45) is 0 Å². The van der Waals surface area contributed by atoms with Crippen LogP contribution < -0.4 is 5.32 Å². The van der Waals surface area contributed by atoms with Crippen LogP contribution in [0.3, 0.4) is 0 Å². The Morgan fingerprint density at radius 1 is 1.04 bits per heavy atom. The van der Waals surface area contributed by atoms with Crippen LogP contribution in [0.25, 0.3) is 11.5 Å². The van der Waals surface area contributed by atoms with E-state index in [-0.39, 0.29) is 11.8 Å². The molecule has 0 saturated heterocycles. The number of hydrogen-bond acceptors (Lipinski definition) is 7. The highest BCUT2D eigenvalue weighted by molar-refractivity contribution is 7.54. The van der Waals surface area contributed by atoms with Crippen LogP contribution in [0.4, 0.5) is 0 Å². The summed E-state index contributed by atoms with van der Waals surface area (Å²) in [6, 6.07) is 16.0. The van der Waals surface area contributed by atoms with Crippen LogP contribution in [0, 0.1) is 6.92 Å². The van der Waals surface area contributed by atoms with Gasteiger partial charge in [0.1, 0.15) is 0 Å². The van der Waals surface area contributed by atoms with E-state index in [0.717, 1.165) is 5.56 Å². The Balaban J connectivity index is 1.94. The van der Waals surface area contributed by atoms with Crippen LogP contribution in [-0.4, -0.2) is 30.3 Å². The van der Waals surface area contributed by atoms with E-state index in [2.05, 4.69) is 15.5 Å². The van der Waals surface area contributed by atoms with Crippen molar-refractivity contribution >= 4 is 13.5 Å². The van der Waals surface area contributed by atoms with E-state index in [1.54, 1.807) is 30.3 Å². The van der Waals surface area contributed by atoms with Crippen molar-refractivity contribution in [2.75, 3.05) is 14.2 Å². The normalized spacial score (nSPS) is 12.5. The second kappa shape index (κ2) is 8.48. The Hall–Kier alpha value is -2.80. The van der Waals surface area contributed by atoms with Crippen LogP contribution in [-0.2, 0) is 13.6 Å². The molecule has 1 atom stereocenters. The molecule has 1 amide bonds. The van der Waals surface area contributed by atoms with Gasteiger partial charge in [-0.2, -0.15) is 0 Å². The van der Waals surface area contributed by atoms with Gasteiger partial charge in [0.25, 0.3) is 11.8 Å². The van der Waals surface area contributed by atoms with Crippen molar-refractivity contribution in [3.63, 3.8) is 0 Å². The molecule has 146 valence electrons. The number of benzene rings is 2. The fraction of sp³-hybridized carbons (Fsp3) is 0.211. The average molecular weight is 401 g/mol. The van der Waals surface area contributed by atoms with E-state index in [1.807, 2.05) is 31.2 Å². The molecule has 0 aliphatic rings. The number of nitrogens with zero attached hydrogens (tertiary/aromatic N) is 2. The van der Waals surface area contributed by atoms with Gasteiger partial charge in [0, 0.05) is 25.3 Å². The second-order valence-electron chi connectivity index (χ2n) is 5.96. The Kier molecular flexibility index (Phi) is 6.04. The molecular formula is C19H20N3O5P. The van der Waals surface area contributed by atoms with E-state index in [0.29, 0.717) is 11.1 Å². The van der Waals surface area contributed by atoms with Crippen LogP contribution in [0.1, 0.15) is 27.6 Å². The Labute approximate surface area is 162 Å². The highest BCUT2D eigenvalue weighted by atomic mass is 31.2. The van der Waals surface area contributed by atoms with Crippen LogP contribution in [0.15, 0.2) is 59.0 Å². The Morgan fingerprint density at radius 2 is 1.68 bits per heavy atom.